The van der Waals surface area contributed by atoms with Crippen molar-refractivity contribution in [2.75, 3.05) is 0 Å². The Hall–Kier alpha value is -0.950. The Balaban J connectivity index is 1.74. The predicted octanol–water partition coefficient (Wildman–Crippen LogP) is 2.00. The average Bonchev–Trinajstić information content (AvgIpc) is 2.99. The number of rotatable bonds is 3. The molecule has 0 aliphatic heterocycles. The lowest BCUT2D eigenvalue weighted by atomic mass is 10.0. The van der Waals surface area contributed by atoms with Crippen molar-refractivity contribution in [1.29, 1.82) is 0 Å². The molecule has 7 heteroatoms. The molecule has 1 heterocycles. The standard InChI is InChI=1S/C13H18N2O3S2/c1-7-13(19-8(2)14-7)20(17,18)15-12(16)11-9-5-3-4-6-10(9)11/h9-11H,3-6H2,1-2H3,(H,15,16)/t9-,10-/m1/s1. The van der Waals surface area contributed by atoms with Crippen LogP contribution in [-0.4, -0.2) is 19.3 Å². The van der Waals surface area contributed by atoms with Crippen molar-refractivity contribution >= 4 is 27.3 Å². The third-order valence-electron chi connectivity index (χ3n) is 4.30. The van der Waals surface area contributed by atoms with Gasteiger partial charge in [0.1, 0.15) is 0 Å². The highest BCUT2D eigenvalue weighted by molar-refractivity contribution is 7.92. The number of aryl methyl sites for hydroxylation is 2. The first kappa shape index (κ1) is 14.0. The molecule has 0 radical (unpaired) electrons. The number of aromatic nitrogens is 1. The van der Waals surface area contributed by atoms with Crippen LogP contribution in [0, 0.1) is 31.6 Å². The summed E-state index contributed by atoms with van der Waals surface area (Å²) in [6, 6.07) is 0. The van der Waals surface area contributed by atoms with Gasteiger partial charge in [-0.1, -0.05) is 12.8 Å². The molecule has 20 heavy (non-hydrogen) atoms. The van der Waals surface area contributed by atoms with Crippen LogP contribution in [-0.2, 0) is 14.8 Å². The number of thiazole rings is 1. The summed E-state index contributed by atoms with van der Waals surface area (Å²) in [7, 11) is -3.76. The van der Waals surface area contributed by atoms with Gasteiger partial charge in [0.2, 0.25) is 5.91 Å². The van der Waals surface area contributed by atoms with Gasteiger partial charge in [-0.25, -0.2) is 18.1 Å². The molecule has 0 saturated heterocycles. The molecule has 5 nitrogen and oxygen atoms in total. The van der Waals surface area contributed by atoms with Gasteiger partial charge in [0.15, 0.2) is 4.21 Å². The van der Waals surface area contributed by atoms with Crippen molar-refractivity contribution in [3.05, 3.63) is 10.7 Å². The number of nitrogens with zero attached hydrogens (tertiary/aromatic N) is 1. The van der Waals surface area contributed by atoms with E-state index in [1.807, 2.05) is 0 Å². The highest BCUT2D eigenvalue weighted by Gasteiger charge is 2.55. The highest BCUT2D eigenvalue weighted by atomic mass is 32.2. The fourth-order valence-electron chi connectivity index (χ4n) is 3.39. The number of carbonyl (C=O) groups is 1. The molecule has 1 amide bonds. The SMILES string of the molecule is Cc1nc(C)c(S(=O)(=O)NC(=O)C2[C@@H]3CCCC[C@@H]23)s1. The van der Waals surface area contributed by atoms with Crippen LogP contribution in [0.4, 0.5) is 0 Å². The zero-order valence-corrected chi connectivity index (χ0v) is 13.2. The van der Waals surface area contributed by atoms with E-state index in [-0.39, 0.29) is 16.0 Å². The van der Waals surface area contributed by atoms with Crippen molar-refractivity contribution in [2.45, 2.75) is 43.7 Å². The number of fused-ring (bicyclic) bond motifs is 1. The zero-order valence-electron chi connectivity index (χ0n) is 11.5. The van der Waals surface area contributed by atoms with Crippen molar-refractivity contribution < 1.29 is 13.2 Å². The Labute approximate surface area is 122 Å². The molecule has 1 aromatic heterocycles. The molecular weight excluding hydrogens is 296 g/mol. The van der Waals surface area contributed by atoms with Gasteiger partial charge in [-0.2, -0.15) is 0 Å². The van der Waals surface area contributed by atoms with Gasteiger partial charge >= 0.3 is 0 Å². The van der Waals surface area contributed by atoms with Crippen LogP contribution in [0.25, 0.3) is 0 Å². The average molecular weight is 314 g/mol. The summed E-state index contributed by atoms with van der Waals surface area (Å²) in [6.45, 7) is 3.41. The third-order valence-corrected chi connectivity index (χ3v) is 7.33. The Morgan fingerprint density at radius 2 is 1.85 bits per heavy atom. The smallest absolute Gasteiger partial charge is 0.274 e. The summed E-state index contributed by atoms with van der Waals surface area (Å²) < 4.78 is 26.9. The van der Waals surface area contributed by atoms with Gasteiger partial charge in [0.25, 0.3) is 10.0 Å². The molecule has 2 saturated carbocycles. The second-order valence-electron chi connectivity index (χ2n) is 5.71. The topological polar surface area (TPSA) is 76.1 Å². The Kier molecular flexibility index (Phi) is 3.36. The molecule has 2 fully saturated rings. The van der Waals surface area contributed by atoms with E-state index < -0.39 is 10.0 Å². The summed E-state index contributed by atoms with van der Waals surface area (Å²) in [4.78, 5) is 16.3. The van der Waals surface area contributed by atoms with E-state index in [1.165, 1.54) is 0 Å². The third kappa shape index (κ3) is 2.37. The van der Waals surface area contributed by atoms with Crippen LogP contribution in [0.1, 0.15) is 36.4 Å². The van der Waals surface area contributed by atoms with Crippen LogP contribution in [0.15, 0.2) is 4.21 Å². The maximum Gasteiger partial charge on any atom is 0.275 e. The summed E-state index contributed by atoms with van der Waals surface area (Å²) in [5.74, 6) is 0.389. The van der Waals surface area contributed by atoms with E-state index in [0.717, 1.165) is 37.0 Å². The molecule has 2 atom stereocenters. The van der Waals surface area contributed by atoms with Crippen LogP contribution in [0.3, 0.4) is 0 Å². The van der Waals surface area contributed by atoms with Crippen LogP contribution in [0.5, 0.6) is 0 Å². The summed E-state index contributed by atoms with van der Waals surface area (Å²) in [5, 5.41) is 0.690. The number of hydrogen-bond donors (Lipinski definition) is 1. The van der Waals surface area contributed by atoms with E-state index >= 15 is 0 Å². The zero-order chi connectivity index (χ0) is 14.5. The van der Waals surface area contributed by atoms with Gasteiger partial charge in [-0.05, 0) is 38.5 Å². The molecule has 0 bridgehead atoms. The fourth-order valence-corrected chi connectivity index (χ4v) is 5.89. The summed E-state index contributed by atoms with van der Waals surface area (Å²) >= 11 is 1.11. The maximum atomic E-state index is 12.3. The summed E-state index contributed by atoms with van der Waals surface area (Å²) in [6.07, 6.45) is 4.43. The van der Waals surface area contributed by atoms with Gasteiger partial charge in [0, 0.05) is 5.92 Å². The molecule has 2 aliphatic rings. The first-order valence-corrected chi connectivity index (χ1v) is 9.21. The number of sulfonamides is 1. The van der Waals surface area contributed by atoms with Crippen molar-refractivity contribution in [3.8, 4) is 0 Å². The second-order valence-corrected chi connectivity index (χ2v) is 8.79. The summed E-state index contributed by atoms with van der Waals surface area (Å²) in [5.41, 5.74) is 0.459. The monoisotopic (exact) mass is 314 g/mol. The quantitative estimate of drug-likeness (QED) is 0.926. The molecule has 0 aromatic carbocycles. The highest BCUT2D eigenvalue weighted by Crippen LogP contribution is 2.55. The number of amides is 1. The number of hydrogen-bond acceptors (Lipinski definition) is 5. The van der Waals surface area contributed by atoms with Crippen molar-refractivity contribution in [3.63, 3.8) is 0 Å². The minimum Gasteiger partial charge on any atom is -0.274 e. The minimum atomic E-state index is -3.76. The molecule has 1 aromatic rings. The molecule has 3 rings (SSSR count). The van der Waals surface area contributed by atoms with E-state index in [4.69, 9.17) is 0 Å². The van der Waals surface area contributed by atoms with Crippen LogP contribution < -0.4 is 4.72 Å². The van der Waals surface area contributed by atoms with Gasteiger partial charge in [-0.15, -0.1) is 11.3 Å². The minimum absolute atomic E-state index is 0.0957. The molecular formula is C13H18N2O3S2. The van der Waals surface area contributed by atoms with Crippen LogP contribution >= 0.6 is 11.3 Å². The van der Waals surface area contributed by atoms with Crippen molar-refractivity contribution in [2.24, 2.45) is 17.8 Å². The maximum absolute atomic E-state index is 12.3. The lowest BCUT2D eigenvalue weighted by molar-refractivity contribution is -0.121. The molecule has 1 N–H and O–H groups in total. The predicted molar refractivity (Wildman–Crippen MR) is 75.9 cm³/mol. The normalized spacial score (nSPS) is 28.8. The lowest BCUT2D eigenvalue weighted by Gasteiger charge is -2.05. The largest absolute Gasteiger partial charge is 0.275 e. The van der Waals surface area contributed by atoms with E-state index in [1.54, 1.807) is 13.8 Å². The molecule has 2 aliphatic carbocycles. The molecule has 0 spiro atoms. The molecule has 0 unspecified atom stereocenters. The van der Waals surface area contributed by atoms with E-state index in [2.05, 4.69) is 9.71 Å². The van der Waals surface area contributed by atoms with E-state index in [0.29, 0.717) is 22.5 Å². The lowest BCUT2D eigenvalue weighted by Crippen LogP contribution is -2.32. The number of carbonyl (C=O) groups excluding carboxylic acids is 1. The fraction of sp³-hybridized carbons (Fsp3) is 0.692. The Bertz CT molecular complexity index is 639. The van der Waals surface area contributed by atoms with Gasteiger partial charge in [-0.3, -0.25) is 4.79 Å². The Morgan fingerprint density at radius 3 is 2.35 bits per heavy atom. The Morgan fingerprint density at radius 1 is 1.25 bits per heavy atom. The van der Waals surface area contributed by atoms with Gasteiger partial charge in [0.05, 0.1) is 10.7 Å². The first-order chi connectivity index (χ1) is 9.40. The van der Waals surface area contributed by atoms with Crippen molar-refractivity contribution in [1.82, 2.24) is 9.71 Å². The number of nitrogens with one attached hydrogen (secondary N) is 1. The molecule has 110 valence electrons. The van der Waals surface area contributed by atoms with Crippen LogP contribution in [0.2, 0.25) is 0 Å². The first-order valence-electron chi connectivity index (χ1n) is 6.91. The van der Waals surface area contributed by atoms with E-state index in [9.17, 15) is 13.2 Å². The van der Waals surface area contributed by atoms with Gasteiger partial charge < -0.3 is 0 Å². The second kappa shape index (κ2) is 4.80.